The number of hydrogen-bond acceptors (Lipinski definition) is 5. The summed E-state index contributed by atoms with van der Waals surface area (Å²) in [7, 11) is 0.207. The number of carbonyl (C=O) groups is 1. The third-order valence-electron chi connectivity index (χ3n) is 2.09. The molecule has 0 saturated heterocycles. The van der Waals surface area contributed by atoms with Gasteiger partial charge in [0.1, 0.15) is 6.04 Å². The monoisotopic (exact) mass is 242 g/mol. The Morgan fingerprint density at radius 1 is 1.59 bits per heavy atom. The lowest BCUT2D eigenvalue weighted by Gasteiger charge is -2.12. The van der Waals surface area contributed by atoms with Crippen molar-refractivity contribution in [2.45, 2.75) is 12.5 Å². The number of carboxylic acid groups (broad SMARTS) is 1. The van der Waals surface area contributed by atoms with Crippen LogP contribution in [0.1, 0.15) is 5.56 Å². The van der Waals surface area contributed by atoms with E-state index in [2.05, 4.69) is 4.65 Å². The van der Waals surface area contributed by atoms with Crippen LogP contribution in [0.5, 0.6) is 11.5 Å². The largest absolute Gasteiger partial charge is 0.569 e. The van der Waals surface area contributed by atoms with E-state index in [1.54, 1.807) is 0 Å². The van der Waals surface area contributed by atoms with Gasteiger partial charge in [-0.3, -0.25) is 4.79 Å². The molecule has 17 heavy (non-hydrogen) atoms. The number of phenols is 1. The van der Waals surface area contributed by atoms with E-state index >= 15 is 0 Å². The average Bonchev–Trinajstić information content (AvgIpc) is 2.28. The van der Waals surface area contributed by atoms with Crippen molar-refractivity contribution in [1.29, 1.82) is 0 Å². The molecular formula is C9H10BFNO5. The lowest BCUT2D eigenvalue weighted by Crippen LogP contribution is -2.32. The van der Waals surface area contributed by atoms with Gasteiger partial charge < -0.3 is 25.6 Å². The minimum Gasteiger partial charge on any atom is -0.533 e. The number of aromatic hydroxyl groups is 1. The highest BCUT2D eigenvalue weighted by atomic mass is 19.1. The van der Waals surface area contributed by atoms with E-state index in [-0.39, 0.29) is 19.7 Å². The topological polar surface area (TPSA) is 113 Å². The summed E-state index contributed by atoms with van der Waals surface area (Å²) in [5, 5.41) is 26.6. The van der Waals surface area contributed by atoms with Crippen molar-refractivity contribution in [3.63, 3.8) is 0 Å². The van der Waals surface area contributed by atoms with E-state index in [0.29, 0.717) is 0 Å². The van der Waals surface area contributed by atoms with Gasteiger partial charge in [-0.15, -0.1) is 0 Å². The van der Waals surface area contributed by atoms with Gasteiger partial charge in [-0.1, -0.05) is 6.07 Å². The number of aliphatic carboxylic acids is 1. The Bertz CT molecular complexity index is 428. The normalized spacial score (nSPS) is 11.9. The molecule has 0 fully saturated rings. The van der Waals surface area contributed by atoms with E-state index in [0.717, 1.165) is 6.07 Å². The summed E-state index contributed by atoms with van der Waals surface area (Å²) in [6, 6.07) is 0.942. The van der Waals surface area contributed by atoms with Crippen molar-refractivity contribution in [2.75, 3.05) is 0 Å². The Morgan fingerprint density at radius 3 is 2.76 bits per heavy atom. The molecule has 0 aliphatic heterocycles. The van der Waals surface area contributed by atoms with E-state index in [1.807, 2.05) is 0 Å². The van der Waals surface area contributed by atoms with Crippen LogP contribution in [0.3, 0.4) is 0 Å². The van der Waals surface area contributed by atoms with Gasteiger partial charge >= 0.3 is 13.7 Å². The smallest absolute Gasteiger partial charge is 0.533 e. The van der Waals surface area contributed by atoms with Crippen molar-refractivity contribution >= 4 is 13.7 Å². The van der Waals surface area contributed by atoms with E-state index in [4.69, 9.17) is 15.9 Å². The van der Waals surface area contributed by atoms with Gasteiger partial charge in [0.05, 0.1) is 0 Å². The fourth-order valence-electron chi connectivity index (χ4n) is 1.24. The van der Waals surface area contributed by atoms with Crippen LogP contribution in [0.4, 0.5) is 4.39 Å². The fraction of sp³-hybridized carbons (Fsp3) is 0.222. The van der Waals surface area contributed by atoms with Crippen molar-refractivity contribution in [2.24, 2.45) is 5.73 Å². The van der Waals surface area contributed by atoms with Crippen molar-refractivity contribution in [3.8, 4) is 11.5 Å². The lowest BCUT2D eigenvalue weighted by molar-refractivity contribution is -0.138. The van der Waals surface area contributed by atoms with Gasteiger partial charge in [-0.25, -0.2) is 4.39 Å². The number of nitrogens with two attached hydrogens (primary N) is 1. The van der Waals surface area contributed by atoms with Crippen LogP contribution < -0.4 is 10.4 Å². The Balaban J connectivity index is 3.01. The Morgan fingerprint density at radius 2 is 2.24 bits per heavy atom. The second kappa shape index (κ2) is 5.51. The molecule has 0 aliphatic carbocycles. The third-order valence-corrected chi connectivity index (χ3v) is 2.09. The molecule has 1 aromatic rings. The first-order valence-electron chi connectivity index (χ1n) is 4.58. The van der Waals surface area contributed by atoms with Gasteiger partial charge in [-0.2, -0.15) is 0 Å². The number of hydrogen-bond donors (Lipinski definition) is 4. The predicted octanol–water partition coefficient (Wildman–Crippen LogP) is -0.609. The van der Waals surface area contributed by atoms with Gasteiger partial charge in [0.25, 0.3) is 0 Å². The molecule has 91 valence electrons. The lowest BCUT2D eigenvalue weighted by atomic mass is 10.0. The molecule has 0 spiro atoms. The van der Waals surface area contributed by atoms with Gasteiger partial charge in [0.2, 0.25) is 0 Å². The molecule has 1 rings (SSSR count). The number of phenolic OH excluding ortho intramolecular Hbond substituents is 1. The summed E-state index contributed by atoms with van der Waals surface area (Å²) in [6.07, 6.45) is -0.191. The zero-order valence-electron chi connectivity index (χ0n) is 8.63. The van der Waals surface area contributed by atoms with Crippen LogP contribution in [0, 0.1) is 5.82 Å². The molecule has 0 aromatic heterocycles. The van der Waals surface area contributed by atoms with Crippen LogP contribution >= 0.6 is 0 Å². The molecular weight excluding hydrogens is 232 g/mol. The number of halogens is 1. The number of rotatable bonds is 5. The molecule has 6 nitrogen and oxygen atoms in total. The average molecular weight is 242 g/mol. The Hall–Kier alpha value is -1.80. The highest BCUT2D eigenvalue weighted by molar-refractivity contribution is 6.17. The van der Waals surface area contributed by atoms with Crippen LogP contribution in [0.2, 0.25) is 0 Å². The second-order valence-electron chi connectivity index (χ2n) is 3.26. The molecule has 0 amide bonds. The summed E-state index contributed by atoms with van der Waals surface area (Å²) < 4.78 is 17.5. The molecule has 0 heterocycles. The summed E-state index contributed by atoms with van der Waals surface area (Å²) in [5.41, 5.74) is 5.39. The molecule has 1 atom stereocenters. The first kappa shape index (κ1) is 13.3. The van der Waals surface area contributed by atoms with Crippen molar-refractivity contribution in [1.82, 2.24) is 0 Å². The highest BCUT2D eigenvalue weighted by Gasteiger charge is 2.19. The standard InChI is InChI=1S/C9H10BFNO5/c11-5-2-1-4(3-6(12)9(14)15)7(13)8(5)17-10-16/h1-2,6,13,16H,3,12H2,(H,14,15)/t6-/m0/s1. The predicted molar refractivity (Wildman–Crippen MR) is 56.0 cm³/mol. The molecule has 8 heteroatoms. The van der Waals surface area contributed by atoms with E-state index < -0.39 is 29.3 Å². The molecule has 0 aliphatic rings. The molecule has 0 saturated carbocycles. The first-order valence-corrected chi connectivity index (χ1v) is 4.58. The first-order chi connectivity index (χ1) is 7.97. The van der Waals surface area contributed by atoms with Crippen molar-refractivity contribution < 1.29 is 29.1 Å². The zero-order valence-corrected chi connectivity index (χ0v) is 8.63. The van der Waals surface area contributed by atoms with Crippen LogP contribution in [-0.4, -0.2) is 34.9 Å². The SMILES string of the molecule is N[C@@H](Cc1ccc(F)c(O[B]O)c1O)C(=O)O. The van der Waals surface area contributed by atoms with Crippen LogP contribution in [0.15, 0.2) is 12.1 Å². The number of carboxylic acids is 1. The Labute approximate surface area is 96.7 Å². The zero-order chi connectivity index (χ0) is 13.0. The third kappa shape index (κ3) is 3.08. The van der Waals surface area contributed by atoms with Gasteiger partial charge in [0, 0.05) is 12.0 Å². The summed E-state index contributed by atoms with van der Waals surface area (Å²) in [4.78, 5) is 10.5. The van der Waals surface area contributed by atoms with Crippen LogP contribution in [0.25, 0.3) is 0 Å². The summed E-state index contributed by atoms with van der Waals surface area (Å²) in [5.74, 6) is -3.31. The molecule has 0 bridgehead atoms. The Kier molecular flexibility index (Phi) is 4.30. The second-order valence-corrected chi connectivity index (χ2v) is 3.26. The fourth-order valence-corrected chi connectivity index (χ4v) is 1.24. The van der Waals surface area contributed by atoms with Crippen LogP contribution in [-0.2, 0) is 11.2 Å². The summed E-state index contributed by atoms with van der Waals surface area (Å²) in [6.45, 7) is 0. The quantitative estimate of drug-likeness (QED) is 0.512. The maximum atomic E-state index is 13.1. The van der Waals surface area contributed by atoms with Crippen molar-refractivity contribution in [3.05, 3.63) is 23.5 Å². The molecule has 5 N–H and O–H groups in total. The van der Waals surface area contributed by atoms with E-state index in [1.165, 1.54) is 6.07 Å². The van der Waals surface area contributed by atoms with E-state index in [9.17, 15) is 14.3 Å². The molecule has 1 aromatic carbocycles. The maximum Gasteiger partial charge on any atom is 0.569 e. The highest BCUT2D eigenvalue weighted by Crippen LogP contribution is 2.33. The maximum absolute atomic E-state index is 13.1. The molecule has 1 radical (unpaired) electrons. The summed E-state index contributed by atoms with van der Waals surface area (Å²) >= 11 is 0. The number of benzene rings is 1. The minimum atomic E-state index is -1.25. The van der Waals surface area contributed by atoms with Gasteiger partial charge in [0.15, 0.2) is 17.3 Å². The molecule has 0 unspecified atom stereocenters. The minimum absolute atomic E-state index is 0.109. The van der Waals surface area contributed by atoms with Gasteiger partial charge in [-0.05, 0) is 6.07 Å².